The average Bonchev–Trinajstić information content (AvgIpc) is 1.97. The Morgan fingerprint density at radius 3 is 2.91 bits per heavy atom. The Labute approximate surface area is 61.6 Å². The molecule has 0 bridgehead atoms. The Kier molecular flexibility index (Phi) is 4.26. The normalized spacial score (nSPS) is 10.9. The molecule has 7 nitrogen and oxygen atoms in total. The lowest BCUT2D eigenvalue weighted by Crippen LogP contribution is -2.38. The average molecular weight is 158 g/mol. The second-order valence-electron chi connectivity index (χ2n) is 1.59. The van der Waals surface area contributed by atoms with Gasteiger partial charge < -0.3 is 10.4 Å². The number of hydrogen-bond donors (Lipinski definition) is 2. The molecule has 2 N–H and O–H groups in total. The maximum absolute atomic E-state index is 10.2. The van der Waals surface area contributed by atoms with Crippen molar-refractivity contribution in [1.82, 2.24) is 5.32 Å². The topological polar surface area (TPSA) is 115 Å². The molecule has 0 aromatic heterocycles. The highest BCUT2D eigenvalue weighted by atomic mass is 16.4. The van der Waals surface area contributed by atoms with Crippen molar-refractivity contribution in [3.05, 3.63) is 10.4 Å². The summed E-state index contributed by atoms with van der Waals surface area (Å²) < 4.78 is 0. The number of carbonyl (C=O) groups excluding carboxylic acids is 1. The summed E-state index contributed by atoms with van der Waals surface area (Å²) in [6, 6.07) is -1.14. The van der Waals surface area contributed by atoms with Crippen LogP contribution in [0.5, 0.6) is 0 Å². The number of rotatable bonds is 5. The van der Waals surface area contributed by atoms with E-state index in [1.54, 1.807) is 0 Å². The van der Waals surface area contributed by atoms with E-state index in [1.165, 1.54) is 0 Å². The predicted octanol–water partition coefficient (Wildman–Crippen LogP) is -0.504. The van der Waals surface area contributed by atoms with E-state index < -0.39 is 12.0 Å². The van der Waals surface area contributed by atoms with Crippen LogP contribution in [0.25, 0.3) is 10.4 Å². The van der Waals surface area contributed by atoms with Gasteiger partial charge >= 0.3 is 5.97 Å². The maximum atomic E-state index is 10.2. The molecule has 0 aliphatic rings. The fourth-order valence-corrected chi connectivity index (χ4v) is 0.402. The maximum Gasteiger partial charge on any atom is 0.326 e. The van der Waals surface area contributed by atoms with Gasteiger partial charge in [0.15, 0.2) is 0 Å². The number of nitrogens with zero attached hydrogens (tertiary/aromatic N) is 3. The van der Waals surface area contributed by atoms with Crippen molar-refractivity contribution in [2.24, 2.45) is 5.11 Å². The van der Waals surface area contributed by atoms with Gasteiger partial charge in [0.25, 0.3) is 0 Å². The van der Waals surface area contributed by atoms with E-state index in [2.05, 4.69) is 10.0 Å². The van der Waals surface area contributed by atoms with Gasteiger partial charge in [-0.05, 0) is 5.53 Å². The molecular formula is C4H6N4O3. The van der Waals surface area contributed by atoms with Crippen LogP contribution in [0.3, 0.4) is 0 Å². The van der Waals surface area contributed by atoms with Crippen LogP contribution >= 0.6 is 0 Å². The summed E-state index contributed by atoms with van der Waals surface area (Å²) in [5.74, 6) is -1.23. The highest BCUT2D eigenvalue weighted by Crippen LogP contribution is 1.84. The Hall–Kier alpha value is -1.75. The van der Waals surface area contributed by atoms with Gasteiger partial charge in [0.1, 0.15) is 6.04 Å². The SMILES string of the molecule is [N-]=[N+]=NCC(NC=O)C(=O)O. The lowest BCUT2D eigenvalue weighted by molar-refractivity contribution is -0.140. The van der Waals surface area contributed by atoms with Gasteiger partial charge in [0, 0.05) is 4.91 Å². The molecule has 0 saturated heterocycles. The van der Waals surface area contributed by atoms with E-state index in [0.29, 0.717) is 0 Å². The van der Waals surface area contributed by atoms with E-state index in [-0.39, 0.29) is 13.0 Å². The van der Waals surface area contributed by atoms with Crippen LogP contribution in [0.1, 0.15) is 0 Å². The van der Waals surface area contributed by atoms with Crippen molar-refractivity contribution in [2.45, 2.75) is 6.04 Å². The molecule has 60 valence electrons. The molecule has 1 amide bonds. The minimum atomic E-state index is -1.23. The zero-order valence-corrected chi connectivity index (χ0v) is 5.47. The van der Waals surface area contributed by atoms with Crippen LogP contribution in [0, 0.1) is 0 Å². The molecule has 0 spiro atoms. The lowest BCUT2D eigenvalue weighted by atomic mass is 10.3. The van der Waals surface area contributed by atoms with Crippen molar-refractivity contribution in [3.63, 3.8) is 0 Å². The molecule has 11 heavy (non-hydrogen) atoms. The lowest BCUT2D eigenvalue weighted by Gasteiger charge is -2.05. The van der Waals surface area contributed by atoms with Gasteiger partial charge in [-0.3, -0.25) is 4.79 Å². The summed E-state index contributed by atoms with van der Waals surface area (Å²) in [5, 5.41) is 13.3. The van der Waals surface area contributed by atoms with Crippen LogP contribution in [0.15, 0.2) is 5.11 Å². The first-order valence-electron chi connectivity index (χ1n) is 2.65. The number of nitrogens with one attached hydrogen (secondary N) is 1. The summed E-state index contributed by atoms with van der Waals surface area (Å²) in [7, 11) is 0. The smallest absolute Gasteiger partial charge is 0.326 e. The zero-order chi connectivity index (χ0) is 8.69. The van der Waals surface area contributed by atoms with E-state index in [1.807, 2.05) is 5.32 Å². The summed E-state index contributed by atoms with van der Waals surface area (Å²) in [6.45, 7) is -0.287. The number of carbonyl (C=O) groups is 2. The molecule has 0 fully saturated rings. The molecular weight excluding hydrogens is 152 g/mol. The number of carboxylic acids is 1. The predicted molar refractivity (Wildman–Crippen MR) is 34.6 cm³/mol. The number of hydrogen-bond acceptors (Lipinski definition) is 3. The third-order valence-electron chi connectivity index (χ3n) is 0.895. The van der Waals surface area contributed by atoms with Crippen LogP contribution in [0.2, 0.25) is 0 Å². The van der Waals surface area contributed by atoms with Crippen LogP contribution in [-0.2, 0) is 9.59 Å². The second kappa shape index (κ2) is 5.07. The van der Waals surface area contributed by atoms with Crippen molar-refractivity contribution in [3.8, 4) is 0 Å². The minimum absolute atomic E-state index is 0.242. The van der Waals surface area contributed by atoms with Crippen molar-refractivity contribution in [2.75, 3.05) is 6.54 Å². The fourth-order valence-electron chi connectivity index (χ4n) is 0.402. The molecule has 0 aliphatic carbocycles. The molecule has 0 aromatic rings. The third-order valence-corrected chi connectivity index (χ3v) is 0.895. The summed E-state index contributed by atoms with van der Waals surface area (Å²) in [5.41, 5.74) is 7.81. The largest absolute Gasteiger partial charge is 0.480 e. The van der Waals surface area contributed by atoms with Gasteiger partial charge in [-0.15, -0.1) is 0 Å². The first-order valence-corrected chi connectivity index (χ1v) is 2.65. The van der Waals surface area contributed by atoms with Crippen molar-refractivity contribution < 1.29 is 14.7 Å². The van der Waals surface area contributed by atoms with Gasteiger partial charge in [-0.25, -0.2) is 4.79 Å². The Balaban J connectivity index is 3.98. The molecule has 7 heteroatoms. The van der Waals surface area contributed by atoms with Crippen LogP contribution < -0.4 is 5.32 Å². The molecule has 0 saturated carbocycles. The number of carboxylic acid groups (broad SMARTS) is 1. The second-order valence-corrected chi connectivity index (χ2v) is 1.59. The van der Waals surface area contributed by atoms with E-state index in [9.17, 15) is 9.59 Å². The molecule has 0 heterocycles. The number of azide groups is 1. The molecule has 1 unspecified atom stereocenters. The summed E-state index contributed by atoms with van der Waals surface area (Å²) in [4.78, 5) is 22.3. The van der Waals surface area contributed by atoms with Crippen molar-refractivity contribution in [1.29, 1.82) is 0 Å². The van der Waals surface area contributed by atoms with Gasteiger partial charge in [0.2, 0.25) is 6.41 Å². The molecule has 0 rings (SSSR count). The first-order chi connectivity index (χ1) is 5.22. The molecule has 1 atom stereocenters. The van der Waals surface area contributed by atoms with Gasteiger partial charge in [-0.1, -0.05) is 5.11 Å². The highest BCUT2D eigenvalue weighted by Gasteiger charge is 2.13. The Morgan fingerprint density at radius 2 is 2.55 bits per heavy atom. The zero-order valence-electron chi connectivity index (χ0n) is 5.47. The Bertz CT molecular complexity index is 198. The monoisotopic (exact) mass is 158 g/mol. The first kappa shape index (κ1) is 9.25. The quantitative estimate of drug-likeness (QED) is 0.243. The minimum Gasteiger partial charge on any atom is -0.480 e. The van der Waals surface area contributed by atoms with Crippen molar-refractivity contribution >= 4 is 12.4 Å². The highest BCUT2D eigenvalue weighted by molar-refractivity contribution is 5.76. The third kappa shape index (κ3) is 3.77. The van der Waals surface area contributed by atoms with Gasteiger partial charge in [0.05, 0.1) is 6.54 Å². The summed E-state index contributed by atoms with van der Waals surface area (Å²) in [6.07, 6.45) is 0.242. The number of aliphatic carboxylic acids is 1. The molecule has 0 aliphatic heterocycles. The van der Waals surface area contributed by atoms with Crippen LogP contribution in [0.4, 0.5) is 0 Å². The summed E-state index contributed by atoms with van der Waals surface area (Å²) >= 11 is 0. The number of amides is 1. The van der Waals surface area contributed by atoms with E-state index in [0.717, 1.165) is 0 Å². The van der Waals surface area contributed by atoms with Gasteiger partial charge in [-0.2, -0.15) is 0 Å². The fraction of sp³-hybridized carbons (Fsp3) is 0.500. The Morgan fingerprint density at radius 1 is 1.91 bits per heavy atom. The van der Waals surface area contributed by atoms with E-state index in [4.69, 9.17) is 10.6 Å². The standard InChI is InChI=1S/C4H6N4O3/c5-8-7-1-3(4(10)11)6-2-9/h2-3H,1H2,(H,6,9)(H,10,11). The molecule has 0 aromatic carbocycles. The van der Waals surface area contributed by atoms with E-state index >= 15 is 0 Å². The van der Waals surface area contributed by atoms with Crippen LogP contribution in [-0.4, -0.2) is 30.1 Å². The molecule has 0 radical (unpaired) electrons.